The van der Waals surface area contributed by atoms with Gasteiger partial charge in [-0.15, -0.1) is 0 Å². The highest BCUT2D eigenvalue weighted by Gasteiger charge is 2.22. The first-order valence-corrected chi connectivity index (χ1v) is 7.01. The summed E-state index contributed by atoms with van der Waals surface area (Å²) in [5, 5.41) is 6.60. The van der Waals surface area contributed by atoms with Crippen molar-refractivity contribution in [3.05, 3.63) is 35.4 Å². The van der Waals surface area contributed by atoms with Gasteiger partial charge in [-0.2, -0.15) is 0 Å². The molecule has 4 heteroatoms. The van der Waals surface area contributed by atoms with Crippen LogP contribution in [0.5, 0.6) is 0 Å². The highest BCUT2D eigenvalue weighted by molar-refractivity contribution is 5.79. The molecule has 0 amide bonds. The second kappa shape index (κ2) is 7.90. The van der Waals surface area contributed by atoms with Gasteiger partial charge in [-0.1, -0.05) is 38.1 Å². The minimum absolute atomic E-state index is 0.0459. The van der Waals surface area contributed by atoms with E-state index in [-0.39, 0.29) is 5.41 Å². The zero-order valence-corrected chi connectivity index (χ0v) is 13.3. The smallest absolute Gasteiger partial charge is 0.191 e. The van der Waals surface area contributed by atoms with Crippen LogP contribution in [0, 0.1) is 6.92 Å². The maximum absolute atomic E-state index is 5.02. The van der Waals surface area contributed by atoms with Crippen LogP contribution in [-0.2, 0) is 10.2 Å². The van der Waals surface area contributed by atoms with Crippen molar-refractivity contribution in [2.45, 2.75) is 26.2 Å². The molecule has 0 radical (unpaired) electrons. The van der Waals surface area contributed by atoms with E-state index in [4.69, 9.17) is 4.74 Å². The number of guanidine groups is 1. The molecule has 20 heavy (non-hydrogen) atoms. The van der Waals surface area contributed by atoms with Crippen LogP contribution in [0.15, 0.2) is 29.3 Å². The van der Waals surface area contributed by atoms with E-state index in [9.17, 15) is 0 Å². The van der Waals surface area contributed by atoms with Crippen molar-refractivity contribution in [2.75, 3.05) is 33.9 Å². The first-order chi connectivity index (χ1) is 9.51. The van der Waals surface area contributed by atoms with Gasteiger partial charge in [0, 0.05) is 32.7 Å². The summed E-state index contributed by atoms with van der Waals surface area (Å²) in [4.78, 5) is 4.22. The quantitative estimate of drug-likeness (QED) is 0.475. The van der Waals surface area contributed by atoms with E-state index >= 15 is 0 Å². The van der Waals surface area contributed by atoms with Crippen molar-refractivity contribution < 1.29 is 4.74 Å². The Hall–Kier alpha value is -1.55. The molecule has 0 unspecified atom stereocenters. The highest BCUT2D eigenvalue weighted by Crippen LogP contribution is 2.25. The number of methoxy groups -OCH3 is 1. The molecule has 0 saturated carbocycles. The number of hydrogen-bond acceptors (Lipinski definition) is 2. The summed E-state index contributed by atoms with van der Waals surface area (Å²) < 4.78 is 5.02. The average molecular weight is 277 g/mol. The Morgan fingerprint density at radius 3 is 2.55 bits per heavy atom. The van der Waals surface area contributed by atoms with Crippen molar-refractivity contribution in [3.8, 4) is 0 Å². The topological polar surface area (TPSA) is 45.7 Å². The fourth-order valence-corrected chi connectivity index (χ4v) is 2.22. The van der Waals surface area contributed by atoms with E-state index in [2.05, 4.69) is 60.7 Å². The lowest BCUT2D eigenvalue weighted by Crippen LogP contribution is -2.44. The van der Waals surface area contributed by atoms with Crippen LogP contribution in [-0.4, -0.2) is 39.8 Å². The van der Waals surface area contributed by atoms with Gasteiger partial charge in [-0.25, -0.2) is 0 Å². The molecule has 0 aromatic heterocycles. The number of nitrogens with zero attached hydrogens (tertiary/aromatic N) is 1. The second-order valence-corrected chi connectivity index (χ2v) is 5.54. The van der Waals surface area contributed by atoms with Crippen LogP contribution in [0.3, 0.4) is 0 Å². The molecule has 0 atom stereocenters. The SMILES string of the molecule is CN=C(NCCOC)NCC(C)(C)c1ccccc1C. The predicted molar refractivity (Wildman–Crippen MR) is 85.4 cm³/mol. The minimum Gasteiger partial charge on any atom is -0.383 e. The van der Waals surface area contributed by atoms with Crippen molar-refractivity contribution >= 4 is 5.96 Å². The molecule has 0 aliphatic rings. The number of nitrogens with one attached hydrogen (secondary N) is 2. The molecular formula is C16H27N3O. The molecule has 0 heterocycles. The predicted octanol–water partition coefficient (Wildman–Crippen LogP) is 2.08. The Bertz CT molecular complexity index is 441. The number of benzene rings is 1. The molecule has 0 saturated heterocycles. The molecule has 1 aromatic rings. The number of rotatable bonds is 6. The normalized spacial score (nSPS) is 12.3. The van der Waals surface area contributed by atoms with Gasteiger partial charge in [-0.05, 0) is 18.1 Å². The van der Waals surface area contributed by atoms with Gasteiger partial charge in [0.25, 0.3) is 0 Å². The van der Waals surface area contributed by atoms with Gasteiger partial charge in [0.1, 0.15) is 0 Å². The van der Waals surface area contributed by atoms with Crippen LogP contribution >= 0.6 is 0 Å². The lowest BCUT2D eigenvalue weighted by molar-refractivity contribution is 0.203. The van der Waals surface area contributed by atoms with Crippen molar-refractivity contribution in [2.24, 2.45) is 4.99 Å². The lowest BCUT2D eigenvalue weighted by Gasteiger charge is -2.28. The van der Waals surface area contributed by atoms with Crippen molar-refractivity contribution in [1.29, 1.82) is 0 Å². The lowest BCUT2D eigenvalue weighted by atomic mass is 9.82. The van der Waals surface area contributed by atoms with E-state index < -0.39 is 0 Å². The first kappa shape index (κ1) is 16.5. The summed E-state index contributed by atoms with van der Waals surface area (Å²) in [5.74, 6) is 0.809. The monoisotopic (exact) mass is 277 g/mol. The minimum atomic E-state index is 0.0459. The standard InChI is InChI=1S/C16H27N3O/c1-13-8-6-7-9-14(13)16(2,3)12-19-15(17-4)18-10-11-20-5/h6-9H,10-12H2,1-5H3,(H2,17,18,19). The number of aryl methyl sites for hydroxylation is 1. The molecule has 0 bridgehead atoms. The Morgan fingerprint density at radius 1 is 1.25 bits per heavy atom. The number of hydrogen-bond donors (Lipinski definition) is 2. The number of ether oxygens (including phenoxy) is 1. The Labute approximate surface area is 122 Å². The van der Waals surface area contributed by atoms with E-state index in [1.165, 1.54) is 11.1 Å². The molecule has 0 aliphatic carbocycles. The summed E-state index contributed by atoms with van der Waals surface area (Å²) in [6, 6.07) is 8.52. The molecule has 112 valence electrons. The highest BCUT2D eigenvalue weighted by atomic mass is 16.5. The number of aliphatic imine (C=N–C) groups is 1. The summed E-state index contributed by atoms with van der Waals surface area (Å²) in [6.45, 7) is 8.88. The molecule has 0 spiro atoms. The largest absolute Gasteiger partial charge is 0.383 e. The average Bonchev–Trinajstić information content (AvgIpc) is 2.43. The maximum atomic E-state index is 5.02. The molecule has 4 nitrogen and oxygen atoms in total. The van der Waals surface area contributed by atoms with E-state index in [0.717, 1.165) is 19.0 Å². The summed E-state index contributed by atoms with van der Waals surface area (Å²) in [5.41, 5.74) is 2.73. The Balaban J connectivity index is 2.60. The van der Waals surface area contributed by atoms with E-state index in [1.54, 1.807) is 14.2 Å². The molecular weight excluding hydrogens is 250 g/mol. The molecule has 1 rings (SSSR count). The van der Waals surface area contributed by atoms with Gasteiger partial charge < -0.3 is 15.4 Å². The Morgan fingerprint density at radius 2 is 1.95 bits per heavy atom. The Kier molecular flexibility index (Phi) is 6.52. The van der Waals surface area contributed by atoms with Crippen molar-refractivity contribution in [1.82, 2.24) is 10.6 Å². The van der Waals surface area contributed by atoms with Crippen LogP contribution in [0.1, 0.15) is 25.0 Å². The van der Waals surface area contributed by atoms with Crippen LogP contribution in [0.25, 0.3) is 0 Å². The molecule has 0 fully saturated rings. The third-order valence-corrected chi connectivity index (χ3v) is 3.39. The third-order valence-electron chi connectivity index (χ3n) is 3.39. The van der Waals surface area contributed by atoms with Gasteiger partial charge in [-0.3, -0.25) is 4.99 Å². The van der Waals surface area contributed by atoms with Crippen LogP contribution < -0.4 is 10.6 Å². The third kappa shape index (κ3) is 4.85. The second-order valence-electron chi connectivity index (χ2n) is 5.54. The van der Waals surface area contributed by atoms with Crippen LogP contribution in [0.4, 0.5) is 0 Å². The van der Waals surface area contributed by atoms with Gasteiger partial charge in [0.05, 0.1) is 6.61 Å². The fraction of sp³-hybridized carbons (Fsp3) is 0.562. The van der Waals surface area contributed by atoms with Gasteiger partial charge in [0.2, 0.25) is 0 Å². The summed E-state index contributed by atoms with van der Waals surface area (Å²) in [6.07, 6.45) is 0. The zero-order valence-electron chi connectivity index (χ0n) is 13.3. The summed E-state index contributed by atoms with van der Waals surface area (Å²) >= 11 is 0. The first-order valence-electron chi connectivity index (χ1n) is 7.01. The van der Waals surface area contributed by atoms with E-state index in [0.29, 0.717) is 6.61 Å². The zero-order chi connectivity index (χ0) is 15.0. The fourth-order valence-electron chi connectivity index (χ4n) is 2.22. The summed E-state index contributed by atoms with van der Waals surface area (Å²) in [7, 11) is 3.47. The van der Waals surface area contributed by atoms with Crippen molar-refractivity contribution in [3.63, 3.8) is 0 Å². The maximum Gasteiger partial charge on any atom is 0.191 e. The van der Waals surface area contributed by atoms with Gasteiger partial charge in [0.15, 0.2) is 5.96 Å². The molecule has 1 aromatic carbocycles. The van der Waals surface area contributed by atoms with E-state index in [1.807, 2.05) is 0 Å². The molecule has 0 aliphatic heterocycles. The van der Waals surface area contributed by atoms with Crippen LogP contribution in [0.2, 0.25) is 0 Å². The molecule has 2 N–H and O–H groups in total. The van der Waals surface area contributed by atoms with Gasteiger partial charge >= 0.3 is 0 Å².